The fourth-order valence-electron chi connectivity index (χ4n) is 1.70. The summed E-state index contributed by atoms with van der Waals surface area (Å²) in [7, 11) is 0. The fraction of sp³-hybridized carbons (Fsp3) is 0.500. The molecule has 0 saturated carbocycles. The van der Waals surface area contributed by atoms with E-state index in [0.29, 0.717) is 13.0 Å². The Kier molecular flexibility index (Phi) is 6.87. The van der Waals surface area contributed by atoms with Crippen LogP contribution in [0.3, 0.4) is 0 Å². The second-order valence-electron chi connectivity index (χ2n) is 4.75. The molecule has 0 bridgehead atoms. The first-order valence-corrected chi connectivity index (χ1v) is 7.23. The van der Waals surface area contributed by atoms with E-state index >= 15 is 0 Å². The molecule has 0 fully saturated rings. The molecule has 4 nitrogen and oxygen atoms in total. The van der Waals surface area contributed by atoms with Gasteiger partial charge in [0.2, 0.25) is 0 Å². The predicted octanol–water partition coefficient (Wildman–Crippen LogP) is 2.83. The zero-order chi connectivity index (χ0) is 14.3. The van der Waals surface area contributed by atoms with Gasteiger partial charge in [0.05, 0.1) is 6.04 Å². The summed E-state index contributed by atoms with van der Waals surface area (Å²) in [5, 5.41) is 14.5. The second kappa shape index (κ2) is 8.17. The van der Waals surface area contributed by atoms with Gasteiger partial charge in [0.25, 0.3) is 0 Å². The Hall–Kier alpha value is -1.07. The number of hydrogen-bond acceptors (Lipinski definition) is 2. The summed E-state index contributed by atoms with van der Waals surface area (Å²) in [5.41, 5.74) is 1.05. The molecule has 5 heteroatoms. The predicted molar refractivity (Wildman–Crippen MR) is 80.0 cm³/mol. The standard InChI is InChI=1S/C14H21BrN2O2/c1-10(6-7-18)9-16-14(19)17-11(2)12-4-3-5-13(15)8-12/h3-5,8,10-11,18H,6-7,9H2,1-2H3,(H2,16,17,19). The Morgan fingerprint density at radius 3 is 2.79 bits per heavy atom. The van der Waals surface area contributed by atoms with Crippen molar-refractivity contribution in [3.8, 4) is 0 Å². The van der Waals surface area contributed by atoms with E-state index in [2.05, 4.69) is 26.6 Å². The molecule has 0 spiro atoms. The van der Waals surface area contributed by atoms with Gasteiger partial charge in [-0.05, 0) is 37.0 Å². The number of aliphatic hydroxyl groups is 1. The van der Waals surface area contributed by atoms with Gasteiger partial charge in [-0.2, -0.15) is 0 Å². The van der Waals surface area contributed by atoms with Gasteiger partial charge in [0.1, 0.15) is 0 Å². The van der Waals surface area contributed by atoms with Crippen LogP contribution in [0.1, 0.15) is 31.9 Å². The first-order valence-electron chi connectivity index (χ1n) is 6.43. The summed E-state index contributed by atoms with van der Waals surface area (Å²) >= 11 is 3.41. The van der Waals surface area contributed by atoms with E-state index in [1.165, 1.54) is 0 Å². The molecule has 3 N–H and O–H groups in total. The van der Waals surface area contributed by atoms with Crippen molar-refractivity contribution in [2.75, 3.05) is 13.2 Å². The Balaban J connectivity index is 2.40. The highest BCUT2D eigenvalue weighted by molar-refractivity contribution is 9.10. The minimum Gasteiger partial charge on any atom is -0.396 e. The maximum atomic E-state index is 11.7. The van der Waals surface area contributed by atoms with Crippen LogP contribution in [0.4, 0.5) is 4.79 Å². The van der Waals surface area contributed by atoms with E-state index in [9.17, 15) is 4.79 Å². The van der Waals surface area contributed by atoms with Crippen LogP contribution in [0, 0.1) is 5.92 Å². The van der Waals surface area contributed by atoms with Gasteiger partial charge in [-0.15, -0.1) is 0 Å². The van der Waals surface area contributed by atoms with E-state index in [1.807, 2.05) is 38.1 Å². The lowest BCUT2D eigenvalue weighted by molar-refractivity contribution is 0.231. The summed E-state index contributed by atoms with van der Waals surface area (Å²) in [6.45, 7) is 4.66. The van der Waals surface area contributed by atoms with Crippen molar-refractivity contribution in [2.45, 2.75) is 26.3 Å². The number of benzene rings is 1. The van der Waals surface area contributed by atoms with Crippen LogP contribution in [0.25, 0.3) is 0 Å². The number of carbonyl (C=O) groups excluding carboxylic acids is 1. The van der Waals surface area contributed by atoms with E-state index in [-0.39, 0.29) is 24.6 Å². The second-order valence-corrected chi connectivity index (χ2v) is 5.66. The Morgan fingerprint density at radius 1 is 1.42 bits per heavy atom. The van der Waals surface area contributed by atoms with Crippen molar-refractivity contribution in [1.82, 2.24) is 10.6 Å². The average Bonchev–Trinajstić information content (AvgIpc) is 2.36. The number of halogens is 1. The molecule has 1 aromatic rings. The third kappa shape index (κ3) is 6.07. The zero-order valence-corrected chi connectivity index (χ0v) is 12.9. The maximum absolute atomic E-state index is 11.7. The van der Waals surface area contributed by atoms with Gasteiger partial charge in [-0.25, -0.2) is 4.79 Å². The third-order valence-electron chi connectivity index (χ3n) is 2.93. The number of nitrogens with one attached hydrogen (secondary N) is 2. The minimum atomic E-state index is -0.183. The van der Waals surface area contributed by atoms with Crippen LogP contribution < -0.4 is 10.6 Å². The highest BCUT2D eigenvalue weighted by Gasteiger charge is 2.10. The first kappa shape index (κ1) is 16.0. The monoisotopic (exact) mass is 328 g/mol. The van der Waals surface area contributed by atoms with Crippen molar-refractivity contribution in [3.05, 3.63) is 34.3 Å². The van der Waals surface area contributed by atoms with Crippen LogP contribution >= 0.6 is 15.9 Å². The molecule has 2 unspecified atom stereocenters. The van der Waals surface area contributed by atoms with Crippen LogP contribution in [0.15, 0.2) is 28.7 Å². The quantitative estimate of drug-likeness (QED) is 0.752. The summed E-state index contributed by atoms with van der Waals surface area (Å²) in [5.74, 6) is 0.275. The van der Waals surface area contributed by atoms with Gasteiger partial charge in [-0.1, -0.05) is 35.0 Å². The van der Waals surface area contributed by atoms with E-state index < -0.39 is 0 Å². The van der Waals surface area contributed by atoms with E-state index in [4.69, 9.17) is 5.11 Å². The largest absolute Gasteiger partial charge is 0.396 e. The highest BCUT2D eigenvalue weighted by Crippen LogP contribution is 2.17. The SMILES string of the molecule is CC(CCO)CNC(=O)NC(C)c1cccc(Br)c1. The molecule has 1 aromatic carbocycles. The molecule has 2 amide bonds. The third-order valence-corrected chi connectivity index (χ3v) is 3.42. The Labute approximate surface area is 122 Å². The molecule has 0 aromatic heterocycles. The van der Waals surface area contributed by atoms with Gasteiger partial charge < -0.3 is 15.7 Å². The average molecular weight is 329 g/mol. The number of aliphatic hydroxyl groups excluding tert-OH is 1. The lowest BCUT2D eigenvalue weighted by Crippen LogP contribution is -2.39. The summed E-state index contributed by atoms with van der Waals surface area (Å²) in [6, 6.07) is 7.62. The molecule has 0 aliphatic heterocycles. The molecular formula is C14H21BrN2O2. The maximum Gasteiger partial charge on any atom is 0.315 e. The van der Waals surface area contributed by atoms with E-state index in [1.54, 1.807) is 0 Å². The fourth-order valence-corrected chi connectivity index (χ4v) is 2.11. The molecule has 106 valence electrons. The van der Waals surface area contributed by atoms with Crippen molar-refractivity contribution >= 4 is 22.0 Å². The van der Waals surface area contributed by atoms with Crippen LogP contribution in [-0.2, 0) is 0 Å². The van der Waals surface area contributed by atoms with Gasteiger partial charge in [0.15, 0.2) is 0 Å². The number of carbonyl (C=O) groups is 1. The molecule has 19 heavy (non-hydrogen) atoms. The summed E-state index contributed by atoms with van der Waals surface area (Å²) in [6.07, 6.45) is 0.696. The summed E-state index contributed by atoms with van der Waals surface area (Å²) in [4.78, 5) is 11.7. The Bertz CT molecular complexity index is 412. The first-order chi connectivity index (χ1) is 9.02. The molecule has 0 radical (unpaired) electrons. The molecule has 1 rings (SSSR count). The summed E-state index contributed by atoms with van der Waals surface area (Å²) < 4.78 is 0.996. The smallest absolute Gasteiger partial charge is 0.315 e. The lowest BCUT2D eigenvalue weighted by Gasteiger charge is -2.17. The van der Waals surface area contributed by atoms with Gasteiger partial charge >= 0.3 is 6.03 Å². The molecule has 0 saturated heterocycles. The minimum absolute atomic E-state index is 0.0503. The van der Waals surface area contributed by atoms with Crippen molar-refractivity contribution in [3.63, 3.8) is 0 Å². The number of rotatable bonds is 6. The van der Waals surface area contributed by atoms with E-state index in [0.717, 1.165) is 10.0 Å². The number of amides is 2. The van der Waals surface area contributed by atoms with Gasteiger partial charge in [0, 0.05) is 17.6 Å². The number of urea groups is 1. The molecule has 0 heterocycles. The van der Waals surface area contributed by atoms with Gasteiger partial charge in [-0.3, -0.25) is 0 Å². The number of hydrogen-bond donors (Lipinski definition) is 3. The zero-order valence-electron chi connectivity index (χ0n) is 11.3. The van der Waals surface area contributed by atoms with Crippen LogP contribution in [0.2, 0.25) is 0 Å². The van der Waals surface area contributed by atoms with Crippen molar-refractivity contribution in [1.29, 1.82) is 0 Å². The van der Waals surface area contributed by atoms with Crippen molar-refractivity contribution in [2.24, 2.45) is 5.92 Å². The van der Waals surface area contributed by atoms with Crippen LogP contribution in [-0.4, -0.2) is 24.3 Å². The van der Waals surface area contributed by atoms with Crippen molar-refractivity contribution < 1.29 is 9.90 Å². The topological polar surface area (TPSA) is 61.4 Å². The highest BCUT2D eigenvalue weighted by atomic mass is 79.9. The lowest BCUT2D eigenvalue weighted by atomic mass is 10.1. The van der Waals surface area contributed by atoms with Crippen LogP contribution in [0.5, 0.6) is 0 Å². The Morgan fingerprint density at radius 2 is 2.16 bits per heavy atom. The molecule has 2 atom stereocenters. The molecule has 0 aliphatic rings. The molecular weight excluding hydrogens is 308 g/mol. The normalized spacial score (nSPS) is 13.7. The molecule has 0 aliphatic carbocycles.